The van der Waals surface area contributed by atoms with Gasteiger partial charge >= 0.3 is 0 Å². The second-order valence-corrected chi connectivity index (χ2v) is 3.33. The zero-order valence-corrected chi connectivity index (χ0v) is 9.62. The quantitative estimate of drug-likeness (QED) is 0.440. The molecule has 0 aliphatic carbocycles. The van der Waals surface area contributed by atoms with E-state index in [0.29, 0.717) is 11.6 Å². The van der Waals surface area contributed by atoms with E-state index in [1.165, 1.54) is 0 Å². The van der Waals surface area contributed by atoms with Gasteiger partial charge in [-0.2, -0.15) is 0 Å². The summed E-state index contributed by atoms with van der Waals surface area (Å²) in [5, 5.41) is 0.406. The molecule has 0 fully saturated rings. The van der Waals surface area contributed by atoms with Crippen molar-refractivity contribution in [2.75, 3.05) is 14.2 Å². The smallest absolute Gasteiger partial charge is 0.186 e. The van der Waals surface area contributed by atoms with E-state index < -0.39 is 6.29 Å². The molecule has 1 aromatic rings. The van der Waals surface area contributed by atoms with E-state index in [4.69, 9.17) is 21.1 Å². The zero-order chi connectivity index (χ0) is 11.3. The summed E-state index contributed by atoms with van der Waals surface area (Å²) >= 11 is 6.01. The lowest BCUT2D eigenvalue weighted by molar-refractivity contribution is -0.106. The molecule has 0 saturated heterocycles. The standard InChI is InChI=1S/C11H14ClNO2/c1-4-5-8-6-7-13-10(12)9(8)11(14-2)15-3/h4,6-7,11H,1,5H2,2-3H3. The van der Waals surface area contributed by atoms with Crippen LogP contribution in [0.4, 0.5) is 0 Å². The van der Waals surface area contributed by atoms with Crippen LogP contribution in [0.5, 0.6) is 0 Å². The van der Waals surface area contributed by atoms with Gasteiger partial charge in [-0.15, -0.1) is 6.58 Å². The first-order valence-corrected chi connectivity index (χ1v) is 4.92. The van der Waals surface area contributed by atoms with Crippen molar-refractivity contribution < 1.29 is 9.47 Å². The Kier molecular flexibility index (Phi) is 4.75. The highest BCUT2D eigenvalue weighted by Gasteiger charge is 2.17. The predicted molar refractivity (Wildman–Crippen MR) is 59.9 cm³/mol. The zero-order valence-electron chi connectivity index (χ0n) is 8.87. The summed E-state index contributed by atoms with van der Waals surface area (Å²) in [6.07, 6.45) is 3.69. The first kappa shape index (κ1) is 12.2. The highest BCUT2D eigenvalue weighted by Crippen LogP contribution is 2.27. The van der Waals surface area contributed by atoms with E-state index in [-0.39, 0.29) is 0 Å². The molecule has 1 heterocycles. The van der Waals surface area contributed by atoms with E-state index in [0.717, 1.165) is 11.1 Å². The Bertz CT molecular complexity index is 337. The molecule has 15 heavy (non-hydrogen) atoms. The van der Waals surface area contributed by atoms with Crippen LogP contribution in [0.15, 0.2) is 24.9 Å². The summed E-state index contributed by atoms with van der Waals surface area (Å²) in [7, 11) is 3.13. The number of methoxy groups -OCH3 is 2. The third-order valence-corrected chi connectivity index (χ3v) is 2.36. The normalized spacial score (nSPS) is 10.7. The third-order valence-electron chi connectivity index (χ3n) is 2.06. The summed E-state index contributed by atoms with van der Waals surface area (Å²) in [5.41, 5.74) is 1.78. The Morgan fingerprint density at radius 1 is 1.53 bits per heavy atom. The van der Waals surface area contributed by atoms with Gasteiger partial charge in [0.05, 0.1) is 0 Å². The maximum absolute atomic E-state index is 6.01. The van der Waals surface area contributed by atoms with Crippen molar-refractivity contribution in [2.24, 2.45) is 0 Å². The number of ether oxygens (including phenoxy) is 2. The average molecular weight is 228 g/mol. The van der Waals surface area contributed by atoms with Gasteiger partial charge in [-0.1, -0.05) is 17.7 Å². The van der Waals surface area contributed by atoms with Crippen LogP contribution in [0.2, 0.25) is 5.15 Å². The number of rotatable bonds is 5. The van der Waals surface area contributed by atoms with Crippen LogP contribution in [-0.2, 0) is 15.9 Å². The predicted octanol–water partition coefficient (Wildman–Crippen LogP) is 2.75. The van der Waals surface area contributed by atoms with Crippen LogP contribution in [-0.4, -0.2) is 19.2 Å². The number of hydrogen-bond acceptors (Lipinski definition) is 3. The molecule has 0 bridgehead atoms. The molecule has 0 atom stereocenters. The maximum atomic E-state index is 6.01. The Morgan fingerprint density at radius 3 is 2.73 bits per heavy atom. The molecule has 3 nitrogen and oxygen atoms in total. The van der Waals surface area contributed by atoms with Gasteiger partial charge in [-0.05, 0) is 18.1 Å². The molecule has 0 spiro atoms. The van der Waals surface area contributed by atoms with Crippen molar-refractivity contribution in [3.05, 3.63) is 41.2 Å². The number of allylic oxidation sites excluding steroid dienone is 1. The van der Waals surface area contributed by atoms with Crippen LogP contribution in [0.25, 0.3) is 0 Å². The van der Waals surface area contributed by atoms with Crippen molar-refractivity contribution in [3.8, 4) is 0 Å². The molecular weight excluding hydrogens is 214 g/mol. The highest BCUT2D eigenvalue weighted by molar-refractivity contribution is 6.30. The van der Waals surface area contributed by atoms with Crippen molar-refractivity contribution in [1.29, 1.82) is 0 Å². The highest BCUT2D eigenvalue weighted by atomic mass is 35.5. The minimum Gasteiger partial charge on any atom is -0.352 e. The fourth-order valence-corrected chi connectivity index (χ4v) is 1.67. The number of aromatic nitrogens is 1. The molecule has 82 valence electrons. The summed E-state index contributed by atoms with van der Waals surface area (Å²) in [6, 6.07) is 1.88. The van der Waals surface area contributed by atoms with Crippen LogP contribution >= 0.6 is 11.6 Å². The molecule has 0 aromatic carbocycles. The Balaban J connectivity index is 3.16. The second kappa shape index (κ2) is 5.85. The molecule has 0 aliphatic rings. The Labute approximate surface area is 94.7 Å². The minimum absolute atomic E-state index is 0.406. The number of nitrogens with zero attached hydrogens (tertiary/aromatic N) is 1. The van der Waals surface area contributed by atoms with Crippen LogP contribution in [0.3, 0.4) is 0 Å². The molecule has 0 amide bonds. The third kappa shape index (κ3) is 2.78. The molecule has 4 heteroatoms. The van der Waals surface area contributed by atoms with Crippen molar-refractivity contribution in [1.82, 2.24) is 4.98 Å². The molecule has 1 rings (SSSR count). The topological polar surface area (TPSA) is 31.4 Å². The molecule has 0 saturated carbocycles. The van der Waals surface area contributed by atoms with Crippen molar-refractivity contribution in [3.63, 3.8) is 0 Å². The summed E-state index contributed by atoms with van der Waals surface area (Å²) < 4.78 is 10.3. The Hall–Kier alpha value is -0.900. The van der Waals surface area contributed by atoms with Crippen molar-refractivity contribution in [2.45, 2.75) is 12.7 Å². The Morgan fingerprint density at radius 2 is 2.20 bits per heavy atom. The fraction of sp³-hybridized carbons (Fsp3) is 0.364. The number of halogens is 1. The molecule has 0 radical (unpaired) electrons. The van der Waals surface area contributed by atoms with Crippen molar-refractivity contribution >= 4 is 11.6 Å². The number of pyridine rings is 1. The SMILES string of the molecule is C=CCc1ccnc(Cl)c1C(OC)OC. The lowest BCUT2D eigenvalue weighted by Gasteiger charge is -2.17. The summed E-state index contributed by atoms with van der Waals surface area (Å²) in [6.45, 7) is 3.69. The second-order valence-electron chi connectivity index (χ2n) is 2.97. The monoisotopic (exact) mass is 227 g/mol. The van der Waals surface area contributed by atoms with E-state index in [9.17, 15) is 0 Å². The molecular formula is C11H14ClNO2. The number of hydrogen-bond donors (Lipinski definition) is 0. The first-order valence-electron chi connectivity index (χ1n) is 4.54. The molecule has 0 N–H and O–H groups in total. The molecule has 0 unspecified atom stereocenters. The lowest BCUT2D eigenvalue weighted by Crippen LogP contribution is -2.08. The lowest BCUT2D eigenvalue weighted by atomic mass is 10.1. The molecule has 1 aromatic heterocycles. The average Bonchev–Trinajstić information content (AvgIpc) is 2.24. The van der Waals surface area contributed by atoms with E-state index in [2.05, 4.69) is 11.6 Å². The van der Waals surface area contributed by atoms with E-state index >= 15 is 0 Å². The van der Waals surface area contributed by atoms with Gasteiger partial charge in [0.2, 0.25) is 0 Å². The van der Waals surface area contributed by atoms with Crippen LogP contribution in [0, 0.1) is 0 Å². The van der Waals surface area contributed by atoms with Gasteiger partial charge in [-0.3, -0.25) is 0 Å². The maximum Gasteiger partial charge on any atom is 0.186 e. The van der Waals surface area contributed by atoms with Gasteiger partial charge in [0.1, 0.15) is 5.15 Å². The van der Waals surface area contributed by atoms with E-state index in [1.54, 1.807) is 26.5 Å². The van der Waals surface area contributed by atoms with Gasteiger partial charge in [0.25, 0.3) is 0 Å². The fourth-order valence-electron chi connectivity index (χ4n) is 1.40. The largest absolute Gasteiger partial charge is 0.352 e. The van der Waals surface area contributed by atoms with Gasteiger partial charge in [0.15, 0.2) is 6.29 Å². The van der Waals surface area contributed by atoms with Crippen LogP contribution < -0.4 is 0 Å². The minimum atomic E-state index is -0.485. The van der Waals surface area contributed by atoms with Gasteiger partial charge in [0, 0.05) is 26.0 Å². The summed E-state index contributed by atoms with van der Waals surface area (Å²) in [4.78, 5) is 4.01. The van der Waals surface area contributed by atoms with Crippen LogP contribution in [0.1, 0.15) is 17.4 Å². The molecule has 0 aliphatic heterocycles. The summed E-state index contributed by atoms with van der Waals surface area (Å²) in [5.74, 6) is 0. The van der Waals surface area contributed by atoms with Gasteiger partial charge < -0.3 is 9.47 Å². The van der Waals surface area contributed by atoms with Gasteiger partial charge in [-0.25, -0.2) is 4.98 Å². The first-order chi connectivity index (χ1) is 7.24. The van der Waals surface area contributed by atoms with E-state index in [1.807, 2.05) is 6.07 Å².